The Bertz CT molecular complexity index is 614. The minimum atomic E-state index is -1.50. The van der Waals surface area contributed by atoms with E-state index >= 15 is 0 Å². The molecule has 0 bridgehead atoms. The van der Waals surface area contributed by atoms with Crippen LogP contribution in [0.2, 0.25) is 0 Å². The molecule has 0 amide bonds. The summed E-state index contributed by atoms with van der Waals surface area (Å²) in [6, 6.07) is 2.06. The van der Waals surface area contributed by atoms with Gasteiger partial charge in [0, 0.05) is 25.0 Å². The number of carboxylic acid groups (broad SMARTS) is 1. The van der Waals surface area contributed by atoms with Crippen molar-refractivity contribution in [3.8, 4) is 0 Å². The summed E-state index contributed by atoms with van der Waals surface area (Å²) in [5.74, 6) is -4.06. The largest absolute Gasteiger partial charge is 0.478 e. The first kappa shape index (κ1) is 14.0. The van der Waals surface area contributed by atoms with Gasteiger partial charge in [0.1, 0.15) is 0 Å². The number of imidazole rings is 1. The lowest BCUT2D eigenvalue weighted by Crippen LogP contribution is -2.22. The monoisotopic (exact) mass is 281 g/mol. The number of anilines is 1. The Morgan fingerprint density at radius 2 is 2.20 bits per heavy atom. The van der Waals surface area contributed by atoms with Crippen LogP contribution < -0.4 is 5.32 Å². The van der Waals surface area contributed by atoms with Crippen LogP contribution in [0.3, 0.4) is 0 Å². The third-order valence-corrected chi connectivity index (χ3v) is 2.76. The van der Waals surface area contributed by atoms with Gasteiger partial charge in [-0.15, -0.1) is 0 Å². The average molecular weight is 281 g/mol. The summed E-state index contributed by atoms with van der Waals surface area (Å²) < 4.78 is 29.1. The number of carbonyl (C=O) groups is 1. The van der Waals surface area contributed by atoms with Crippen LogP contribution in [0.25, 0.3) is 0 Å². The van der Waals surface area contributed by atoms with Gasteiger partial charge in [-0.2, -0.15) is 0 Å². The van der Waals surface area contributed by atoms with Crippen molar-refractivity contribution in [1.82, 2.24) is 9.55 Å². The molecule has 1 aromatic heterocycles. The van der Waals surface area contributed by atoms with E-state index in [2.05, 4.69) is 10.3 Å². The van der Waals surface area contributed by atoms with E-state index in [0.717, 1.165) is 6.07 Å². The first-order chi connectivity index (χ1) is 9.49. The summed E-state index contributed by atoms with van der Waals surface area (Å²) in [4.78, 5) is 14.6. The van der Waals surface area contributed by atoms with E-state index in [0.29, 0.717) is 6.54 Å². The van der Waals surface area contributed by atoms with Gasteiger partial charge in [0.15, 0.2) is 11.6 Å². The lowest BCUT2D eigenvalue weighted by atomic mass is 10.1. The van der Waals surface area contributed by atoms with E-state index < -0.39 is 23.2 Å². The molecule has 7 heteroatoms. The normalized spacial score (nSPS) is 12.2. The summed E-state index contributed by atoms with van der Waals surface area (Å²) in [7, 11) is 0. The zero-order chi connectivity index (χ0) is 14.7. The predicted molar refractivity (Wildman–Crippen MR) is 68.6 cm³/mol. The number of hydrogen-bond donors (Lipinski definition) is 2. The van der Waals surface area contributed by atoms with Crippen LogP contribution in [0.5, 0.6) is 0 Å². The van der Waals surface area contributed by atoms with E-state index in [1.165, 1.54) is 6.07 Å². The number of carboxylic acids is 1. The fourth-order valence-corrected chi connectivity index (χ4v) is 1.85. The number of aromatic carboxylic acids is 1. The lowest BCUT2D eigenvalue weighted by Gasteiger charge is -2.16. The number of aromatic nitrogens is 2. The van der Waals surface area contributed by atoms with Gasteiger partial charge in [-0.3, -0.25) is 0 Å². The van der Waals surface area contributed by atoms with Crippen molar-refractivity contribution in [3.63, 3.8) is 0 Å². The Hall–Kier alpha value is -2.44. The second-order valence-corrected chi connectivity index (χ2v) is 4.40. The summed E-state index contributed by atoms with van der Waals surface area (Å²) in [5.41, 5.74) is -0.754. The highest BCUT2D eigenvalue weighted by molar-refractivity contribution is 5.88. The third kappa shape index (κ3) is 2.93. The van der Waals surface area contributed by atoms with Crippen LogP contribution in [-0.2, 0) is 6.54 Å². The molecule has 106 valence electrons. The smallest absolute Gasteiger partial charge is 0.338 e. The molecule has 0 radical (unpaired) electrons. The first-order valence-corrected chi connectivity index (χ1v) is 5.92. The molecule has 2 rings (SSSR count). The van der Waals surface area contributed by atoms with Crippen molar-refractivity contribution in [2.24, 2.45) is 0 Å². The molecule has 1 atom stereocenters. The van der Waals surface area contributed by atoms with Crippen molar-refractivity contribution in [3.05, 3.63) is 48.1 Å². The van der Waals surface area contributed by atoms with Crippen LogP contribution in [0, 0.1) is 11.6 Å². The topological polar surface area (TPSA) is 67.2 Å². The summed E-state index contributed by atoms with van der Waals surface area (Å²) >= 11 is 0. The van der Waals surface area contributed by atoms with Gasteiger partial charge in [0.05, 0.1) is 17.6 Å². The first-order valence-electron chi connectivity index (χ1n) is 5.92. The zero-order valence-corrected chi connectivity index (χ0v) is 10.7. The number of hydrogen-bond acceptors (Lipinski definition) is 3. The molecule has 2 aromatic rings. The standard InChI is InChI=1S/C13H13F2N3O2/c1-8(6-18-5-4-16-7-18)17-10-3-2-9(13(19)20)11(14)12(10)15/h2-5,7-8,17H,6H2,1H3,(H,19,20). The van der Waals surface area contributed by atoms with Gasteiger partial charge >= 0.3 is 5.97 Å². The summed E-state index contributed by atoms with van der Waals surface area (Å²) in [5, 5.41) is 11.5. The van der Waals surface area contributed by atoms with E-state index in [1.54, 1.807) is 30.2 Å². The fourth-order valence-electron chi connectivity index (χ4n) is 1.85. The lowest BCUT2D eigenvalue weighted by molar-refractivity contribution is 0.0690. The minimum Gasteiger partial charge on any atom is -0.478 e. The number of benzene rings is 1. The maximum Gasteiger partial charge on any atom is 0.338 e. The SMILES string of the molecule is CC(Cn1ccnc1)Nc1ccc(C(=O)O)c(F)c1F. The van der Waals surface area contributed by atoms with Crippen LogP contribution in [-0.4, -0.2) is 26.7 Å². The third-order valence-electron chi connectivity index (χ3n) is 2.76. The predicted octanol–water partition coefficient (Wildman–Crippen LogP) is 2.36. The highest BCUT2D eigenvalue weighted by Crippen LogP contribution is 2.21. The second kappa shape index (κ2) is 5.68. The Balaban J connectivity index is 2.13. The molecule has 0 aliphatic carbocycles. The number of nitrogens with one attached hydrogen (secondary N) is 1. The molecule has 0 aliphatic heterocycles. The molecule has 0 saturated carbocycles. The van der Waals surface area contributed by atoms with Gasteiger partial charge < -0.3 is 15.0 Å². The average Bonchev–Trinajstić information content (AvgIpc) is 2.87. The highest BCUT2D eigenvalue weighted by atomic mass is 19.2. The minimum absolute atomic E-state index is 0.0693. The molecule has 0 aliphatic rings. The summed E-state index contributed by atoms with van der Waals surface area (Å²) in [6.45, 7) is 2.31. The fraction of sp³-hybridized carbons (Fsp3) is 0.231. The van der Waals surface area contributed by atoms with E-state index in [9.17, 15) is 13.6 Å². The van der Waals surface area contributed by atoms with E-state index in [1.807, 2.05) is 0 Å². The second-order valence-electron chi connectivity index (χ2n) is 4.40. The Labute approximate surface area is 113 Å². The number of nitrogens with zero attached hydrogens (tertiary/aromatic N) is 2. The van der Waals surface area contributed by atoms with Crippen LogP contribution in [0.15, 0.2) is 30.9 Å². The molecule has 2 N–H and O–H groups in total. The molecule has 0 spiro atoms. The summed E-state index contributed by atoms with van der Waals surface area (Å²) in [6.07, 6.45) is 4.99. The number of rotatable bonds is 5. The Morgan fingerprint density at radius 1 is 1.45 bits per heavy atom. The van der Waals surface area contributed by atoms with Crippen LogP contribution in [0.1, 0.15) is 17.3 Å². The van der Waals surface area contributed by atoms with Gasteiger partial charge in [-0.25, -0.2) is 18.6 Å². The van der Waals surface area contributed by atoms with Crippen LogP contribution >= 0.6 is 0 Å². The van der Waals surface area contributed by atoms with Gasteiger partial charge in [-0.05, 0) is 19.1 Å². The Kier molecular flexibility index (Phi) is 3.97. The van der Waals surface area contributed by atoms with Gasteiger partial charge in [0.2, 0.25) is 0 Å². The van der Waals surface area contributed by atoms with Crippen molar-refractivity contribution in [2.75, 3.05) is 5.32 Å². The molecular formula is C13H13F2N3O2. The maximum atomic E-state index is 13.7. The molecule has 0 saturated heterocycles. The number of halogens is 2. The van der Waals surface area contributed by atoms with Crippen LogP contribution in [0.4, 0.5) is 14.5 Å². The molecule has 1 unspecified atom stereocenters. The highest BCUT2D eigenvalue weighted by Gasteiger charge is 2.18. The van der Waals surface area contributed by atoms with E-state index in [4.69, 9.17) is 5.11 Å². The molecule has 5 nitrogen and oxygen atoms in total. The molecule has 1 heterocycles. The molecular weight excluding hydrogens is 268 g/mol. The van der Waals surface area contributed by atoms with Gasteiger partial charge in [0.25, 0.3) is 0 Å². The van der Waals surface area contributed by atoms with Gasteiger partial charge in [-0.1, -0.05) is 0 Å². The van der Waals surface area contributed by atoms with Crippen molar-refractivity contribution >= 4 is 11.7 Å². The van der Waals surface area contributed by atoms with Crippen molar-refractivity contribution < 1.29 is 18.7 Å². The molecule has 20 heavy (non-hydrogen) atoms. The quantitative estimate of drug-likeness (QED) is 0.883. The zero-order valence-electron chi connectivity index (χ0n) is 10.7. The van der Waals surface area contributed by atoms with E-state index in [-0.39, 0.29) is 11.7 Å². The Morgan fingerprint density at radius 3 is 2.80 bits per heavy atom. The maximum absolute atomic E-state index is 13.7. The van der Waals surface area contributed by atoms with Crippen molar-refractivity contribution in [1.29, 1.82) is 0 Å². The molecule has 0 fully saturated rings. The molecule has 1 aromatic carbocycles. The van der Waals surface area contributed by atoms with Crippen molar-refractivity contribution in [2.45, 2.75) is 19.5 Å².